The van der Waals surface area contributed by atoms with Crippen molar-refractivity contribution in [1.82, 2.24) is 13.9 Å². The van der Waals surface area contributed by atoms with E-state index in [0.29, 0.717) is 26.2 Å². The van der Waals surface area contributed by atoms with Gasteiger partial charge in [0.1, 0.15) is 0 Å². The molecule has 1 fully saturated rings. The summed E-state index contributed by atoms with van der Waals surface area (Å²) in [5.41, 5.74) is 2.87. The minimum atomic E-state index is -3.30. The SMILES string of the molecule is Cn1c(N2CCN(S(=O)(=O)Cc3ccccc3)CC2)nc2ccccc21. The largest absolute Gasteiger partial charge is 0.340 e. The van der Waals surface area contributed by atoms with E-state index in [1.54, 1.807) is 4.31 Å². The maximum atomic E-state index is 12.7. The highest BCUT2D eigenvalue weighted by molar-refractivity contribution is 7.88. The van der Waals surface area contributed by atoms with Gasteiger partial charge in [-0.05, 0) is 17.7 Å². The number of aromatic nitrogens is 2. The van der Waals surface area contributed by atoms with Crippen molar-refractivity contribution in [3.8, 4) is 0 Å². The second-order valence-electron chi connectivity index (χ2n) is 6.59. The summed E-state index contributed by atoms with van der Waals surface area (Å²) in [6.45, 7) is 2.26. The van der Waals surface area contributed by atoms with Gasteiger partial charge < -0.3 is 9.47 Å². The Labute approximate surface area is 153 Å². The molecule has 1 saturated heterocycles. The van der Waals surface area contributed by atoms with Gasteiger partial charge in [0.05, 0.1) is 16.8 Å². The fourth-order valence-corrected chi connectivity index (χ4v) is 4.97. The summed E-state index contributed by atoms with van der Waals surface area (Å²) < 4.78 is 29.1. The molecular formula is C19H22N4O2S. The van der Waals surface area contributed by atoms with Gasteiger partial charge in [-0.25, -0.2) is 13.4 Å². The fraction of sp³-hybridized carbons (Fsp3) is 0.316. The quantitative estimate of drug-likeness (QED) is 0.707. The maximum Gasteiger partial charge on any atom is 0.218 e. The van der Waals surface area contributed by atoms with E-state index in [-0.39, 0.29) is 5.75 Å². The van der Waals surface area contributed by atoms with Gasteiger partial charge in [0.2, 0.25) is 16.0 Å². The smallest absolute Gasteiger partial charge is 0.218 e. The van der Waals surface area contributed by atoms with Gasteiger partial charge in [-0.3, -0.25) is 0 Å². The molecule has 1 aliphatic rings. The monoisotopic (exact) mass is 370 g/mol. The van der Waals surface area contributed by atoms with Gasteiger partial charge in [0.25, 0.3) is 0 Å². The van der Waals surface area contributed by atoms with Gasteiger partial charge >= 0.3 is 0 Å². The Hall–Kier alpha value is -2.38. The van der Waals surface area contributed by atoms with Gasteiger partial charge in [0.15, 0.2) is 0 Å². The van der Waals surface area contributed by atoms with E-state index in [2.05, 4.69) is 9.47 Å². The average Bonchev–Trinajstić information content (AvgIpc) is 2.99. The van der Waals surface area contributed by atoms with E-state index in [4.69, 9.17) is 4.98 Å². The third-order valence-electron chi connectivity index (χ3n) is 4.87. The number of hydrogen-bond acceptors (Lipinski definition) is 4. The summed E-state index contributed by atoms with van der Waals surface area (Å²) >= 11 is 0. The van der Waals surface area contributed by atoms with Crippen molar-refractivity contribution in [2.24, 2.45) is 7.05 Å². The molecular weight excluding hydrogens is 348 g/mol. The first kappa shape index (κ1) is 17.1. The molecule has 0 saturated carbocycles. The van der Waals surface area contributed by atoms with Crippen molar-refractivity contribution in [3.63, 3.8) is 0 Å². The highest BCUT2D eigenvalue weighted by Crippen LogP contribution is 2.23. The highest BCUT2D eigenvalue weighted by Gasteiger charge is 2.28. The van der Waals surface area contributed by atoms with Crippen LogP contribution in [0, 0.1) is 0 Å². The summed E-state index contributed by atoms with van der Waals surface area (Å²) in [6, 6.07) is 17.4. The van der Waals surface area contributed by atoms with Crippen LogP contribution in [-0.2, 0) is 22.8 Å². The molecule has 0 N–H and O–H groups in total. The van der Waals surface area contributed by atoms with E-state index in [1.165, 1.54) is 0 Å². The van der Waals surface area contributed by atoms with Gasteiger partial charge in [-0.1, -0.05) is 42.5 Å². The average molecular weight is 370 g/mol. The third kappa shape index (κ3) is 3.20. The Balaban J connectivity index is 1.47. The zero-order valence-corrected chi connectivity index (χ0v) is 15.6. The van der Waals surface area contributed by atoms with Crippen LogP contribution in [0.1, 0.15) is 5.56 Å². The number of imidazole rings is 1. The predicted molar refractivity (Wildman–Crippen MR) is 104 cm³/mol. The molecule has 4 rings (SSSR count). The molecule has 136 valence electrons. The number of piperazine rings is 1. The number of aryl methyl sites for hydroxylation is 1. The Bertz CT molecular complexity index is 1010. The van der Waals surface area contributed by atoms with E-state index in [1.807, 2.05) is 61.6 Å². The number of para-hydroxylation sites is 2. The molecule has 0 radical (unpaired) electrons. The Morgan fingerprint density at radius 1 is 0.923 bits per heavy atom. The lowest BCUT2D eigenvalue weighted by Crippen LogP contribution is -2.49. The number of benzene rings is 2. The predicted octanol–water partition coefficient (Wildman–Crippen LogP) is 2.23. The van der Waals surface area contributed by atoms with Crippen molar-refractivity contribution in [3.05, 3.63) is 60.2 Å². The minimum absolute atomic E-state index is 0.0557. The number of sulfonamides is 1. The van der Waals surface area contributed by atoms with Crippen molar-refractivity contribution >= 4 is 27.0 Å². The molecule has 6 nitrogen and oxygen atoms in total. The van der Waals surface area contributed by atoms with Gasteiger partial charge in [0, 0.05) is 33.2 Å². The molecule has 2 heterocycles. The molecule has 1 aromatic heterocycles. The zero-order chi connectivity index (χ0) is 18.1. The number of fused-ring (bicyclic) bond motifs is 1. The Kier molecular flexibility index (Phi) is 4.42. The molecule has 26 heavy (non-hydrogen) atoms. The first-order valence-electron chi connectivity index (χ1n) is 8.73. The summed E-state index contributed by atoms with van der Waals surface area (Å²) in [6.07, 6.45) is 0. The lowest BCUT2D eigenvalue weighted by molar-refractivity contribution is 0.381. The standard InChI is InChI=1S/C19H22N4O2S/c1-21-18-10-6-5-9-17(18)20-19(21)22-11-13-23(14-12-22)26(24,25)15-16-7-3-2-4-8-16/h2-10H,11-15H2,1H3. The lowest BCUT2D eigenvalue weighted by Gasteiger charge is -2.34. The van der Waals surface area contributed by atoms with Gasteiger partial charge in [-0.15, -0.1) is 0 Å². The molecule has 7 heteroatoms. The number of hydrogen-bond donors (Lipinski definition) is 0. The summed E-state index contributed by atoms with van der Waals surface area (Å²) in [4.78, 5) is 6.87. The van der Waals surface area contributed by atoms with E-state index in [0.717, 1.165) is 22.5 Å². The van der Waals surface area contributed by atoms with E-state index >= 15 is 0 Å². The molecule has 1 aliphatic heterocycles. The number of anilines is 1. The van der Waals surface area contributed by atoms with Crippen LogP contribution in [0.2, 0.25) is 0 Å². The first-order valence-corrected chi connectivity index (χ1v) is 10.3. The zero-order valence-electron chi connectivity index (χ0n) is 14.7. The van der Waals surface area contributed by atoms with E-state index in [9.17, 15) is 8.42 Å². The van der Waals surface area contributed by atoms with Crippen LogP contribution in [0.5, 0.6) is 0 Å². The van der Waals surface area contributed by atoms with Crippen LogP contribution in [0.3, 0.4) is 0 Å². The van der Waals surface area contributed by atoms with Crippen molar-refractivity contribution in [2.75, 3.05) is 31.1 Å². The van der Waals surface area contributed by atoms with Crippen LogP contribution in [0.15, 0.2) is 54.6 Å². The molecule has 0 unspecified atom stereocenters. The van der Waals surface area contributed by atoms with Crippen LogP contribution in [-0.4, -0.2) is 48.5 Å². The molecule has 0 atom stereocenters. The summed E-state index contributed by atoms with van der Waals surface area (Å²) in [7, 11) is -1.29. The fourth-order valence-electron chi connectivity index (χ4n) is 3.46. The Morgan fingerprint density at radius 3 is 2.27 bits per heavy atom. The number of nitrogens with zero attached hydrogens (tertiary/aromatic N) is 4. The summed E-state index contributed by atoms with van der Waals surface area (Å²) in [5.74, 6) is 0.950. The highest BCUT2D eigenvalue weighted by atomic mass is 32.2. The normalized spacial score (nSPS) is 16.3. The first-order chi connectivity index (χ1) is 12.5. The molecule has 0 spiro atoms. The maximum absolute atomic E-state index is 12.7. The van der Waals surface area contributed by atoms with E-state index < -0.39 is 10.0 Å². The van der Waals surface area contributed by atoms with Crippen LogP contribution >= 0.6 is 0 Å². The topological polar surface area (TPSA) is 58.4 Å². The minimum Gasteiger partial charge on any atom is -0.340 e. The number of rotatable bonds is 4. The van der Waals surface area contributed by atoms with Crippen molar-refractivity contribution in [2.45, 2.75) is 5.75 Å². The molecule has 0 amide bonds. The third-order valence-corrected chi connectivity index (χ3v) is 6.72. The van der Waals surface area contributed by atoms with Crippen LogP contribution in [0.25, 0.3) is 11.0 Å². The second-order valence-corrected chi connectivity index (χ2v) is 8.56. The lowest BCUT2D eigenvalue weighted by atomic mass is 10.2. The van der Waals surface area contributed by atoms with Crippen LogP contribution in [0.4, 0.5) is 5.95 Å². The van der Waals surface area contributed by atoms with Gasteiger partial charge in [-0.2, -0.15) is 4.31 Å². The van der Waals surface area contributed by atoms with Crippen LogP contribution < -0.4 is 4.90 Å². The Morgan fingerprint density at radius 2 is 1.58 bits per heavy atom. The van der Waals surface area contributed by atoms with Crippen molar-refractivity contribution in [1.29, 1.82) is 0 Å². The molecule has 0 bridgehead atoms. The second kappa shape index (κ2) is 6.74. The molecule has 3 aromatic rings. The van der Waals surface area contributed by atoms with Crippen molar-refractivity contribution < 1.29 is 8.42 Å². The molecule has 2 aromatic carbocycles. The molecule has 0 aliphatic carbocycles. The summed E-state index contributed by atoms with van der Waals surface area (Å²) in [5, 5.41) is 0.